The second-order valence-electron chi connectivity index (χ2n) is 6.78. The quantitative estimate of drug-likeness (QED) is 0.819. The van der Waals surface area contributed by atoms with Gasteiger partial charge in [-0.2, -0.15) is 0 Å². The molecule has 3 nitrogen and oxygen atoms in total. The first kappa shape index (κ1) is 14.6. The van der Waals surface area contributed by atoms with E-state index in [9.17, 15) is 0 Å². The molecular weight excluding hydrogens is 236 g/mol. The first-order valence-corrected chi connectivity index (χ1v) is 7.44. The predicted octanol–water partition coefficient (Wildman–Crippen LogP) is 3.27. The minimum Gasteiger partial charge on any atom is -0.468 e. The van der Waals surface area contributed by atoms with Crippen molar-refractivity contribution < 1.29 is 4.42 Å². The second-order valence-corrected chi connectivity index (χ2v) is 6.78. The number of nitrogens with one attached hydrogen (secondary N) is 1. The fourth-order valence-electron chi connectivity index (χ4n) is 2.74. The standard InChI is InChI=1S/C16H28N2O/c1-16(2,3)15(17-4)9-10-18(13-7-8-13)12-14-6-5-11-19-14/h5-6,11,13,15,17H,7-10,12H2,1-4H3. The lowest BCUT2D eigenvalue weighted by atomic mass is 9.85. The van der Waals surface area contributed by atoms with E-state index in [1.165, 1.54) is 19.3 Å². The summed E-state index contributed by atoms with van der Waals surface area (Å²) in [4.78, 5) is 2.58. The second kappa shape index (κ2) is 6.10. The van der Waals surface area contributed by atoms with E-state index in [4.69, 9.17) is 4.42 Å². The van der Waals surface area contributed by atoms with E-state index in [1.807, 2.05) is 6.07 Å². The van der Waals surface area contributed by atoms with Crippen molar-refractivity contribution in [1.82, 2.24) is 10.2 Å². The molecule has 2 rings (SSSR count). The molecular formula is C16H28N2O. The van der Waals surface area contributed by atoms with Crippen molar-refractivity contribution in [2.24, 2.45) is 5.41 Å². The Hall–Kier alpha value is -0.800. The summed E-state index contributed by atoms with van der Waals surface area (Å²) in [7, 11) is 2.07. The molecule has 1 aliphatic carbocycles. The minimum atomic E-state index is 0.314. The van der Waals surface area contributed by atoms with E-state index in [1.54, 1.807) is 6.26 Å². The Balaban J connectivity index is 1.87. The van der Waals surface area contributed by atoms with Gasteiger partial charge in [0.15, 0.2) is 0 Å². The average Bonchev–Trinajstić information content (AvgIpc) is 3.05. The molecule has 0 bridgehead atoms. The van der Waals surface area contributed by atoms with Crippen LogP contribution in [0.25, 0.3) is 0 Å². The summed E-state index contributed by atoms with van der Waals surface area (Å²) in [5.74, 6) is 1.09. The van der Waals surface area contributed by atoms with E-state index in [-0.39, 0.29) is 0 Å². The molecule has 0 saturated heterocycles. The molecule has 1 heterocycles. The lowest BCUT2D eigenvalue weighted by Crippen LogP contribution is -2.41. The van der Waals surface area contributed by atoms with Crippen molar-refractivity contribution in [1.29, 1.82) is 0 Å². The third-order valence-corrected chi connectivity index (χ3v) is 4.10. The summed E-state index contributed by atoms with van der Waals surface area (Å²) < 4.78 is 5.49. The van der Waals surface area contributed by atoms with E-state index < -0.39 is 0 Å². The normalized spacial score (nSPS) is 17.9. The van der Waals surface area contributed by atoms with Gasteiger partial charge in [0.2, 0.25) is 0 Å². The van der Waals surface area contributed by atoms with Gasteiger partial charge >= 0.3 is 0 Å². The molecule has 1 N–H and O–H groups in total. The number of hydrogen-bond acceptors (Lipinski definition) is 3. The van der Waals surface area contributed by atoms with Crippen molar-refractivity contribution in [3.05, 3.63) is 24.2 Å². The Morgan fingerprint density at radius 1 is 1.42 bits per heavy atom. The summed E-state index contributed by atoms with van der Waals surface area (Å²) in [5.41, 5.74) is 0.314. The molecule has 0 radical (unpaired) electrons. The first-order chi connectivity index (χ1) is 9.00. The Morgan fingerprint density at radius 2 is 2.16 bits per heavy atom. The van der Waals surface area contributed by atoms with Gasteiger partial charge in [0, 0.05) is 18.6 Å². The van der Waals surface area contributed by atoms with Crippen LogP contribution in [0.3, 0.4) is 0 Å². The molecule has 1 atom stereocenters. The van der Waals surface area contributed by atoms with Crippen LogP contribution in [0.5, 0.6) is 0 Å². The molecule has 1 saturated carbocycles. The van der Waals surface area contributed by atoms with Gasteiger partial charge in [-0.25, -0.2) is 0 Å². The Bertz CT molecular complexity index is 363. The molecule has 19 heavy (non-hydrogen) atoms. The van der Waals surface area contributed by atoms with E-state index in [0.717, 1.165) is 24.9 Å². The lowest BCUT2D eigenvalue weighted by Gasteiger charge is -2.32. The molecule has 3 heteroatoms. The van der Waals surface area contributed by atoms with Crippen LogP contribution >= 0.6 is 0 Å². The predicted molar refractivity (Wildman–Crippen MR) is 79.1 cm³/mol. The highest BCUT2D eigenvalue weighted by Gasteiger charge is 2.31. The maximum Gasteiger partial charge on any atom is 0.117 e. The topological polar surface area (TPSA) is 28.4 Å². The number of furan rings is 1. The first-order valence-electron chi connectivity index (χ1n) is 7.44. The highest BCUT2D eigenvalue weighted by molar-refractivity contribution is 5.00. The van der Waals surface area contributed by atoms with Gasteiger partial charge in [-0.1, -0.05) is 20.8 Å². The molecule has 1 aliphatic rings. The van der Waals surface area contributed by atoms with E-state index in [0.29, 0.717) is 11.5 Å². The van der Waals surface area contributed by atoms with Crippen LogP contribution in [0, 0.1) is 5.41 Å². The summed E-state index contributed by atoms with van der Waals surface area (Å²) in [6.45, 7) is 9.03. The smallest absolute Gasteiger partial charge is 0.117 e. The van der Waals surface area contributed by atoms with Crippen LogP contribution in [0.15, 0.2) is 22.8 Å². The van der Waals surface area contributed by atoms with Gasteiger partial charge in [-0.3, -0.25) is 4.90 Å². The lowest BCUT2D eigenvalue weighted by molar-refractivity contribution is 0.189. The molecule has 1 unspecified atom stereocenters. The summed E-state index contributed by atoms with van der Waals surface area (Å²) >= 11 is 0. The average molecular weight is 264 g/mol. The maximum atomic E-state index is 5.49. The molecule has 1 fully saturated rings. The van der Waals surface area contributed by atoms with Crippen molar-refractivity contribution in [2.75, 3.05) is 13.6 Å². The Kier molecular flexibility index (Phi) is 4.69. The molecule has 0 spiro atoms. The van der Waals surface area contributed by atoms with Gasteiger partial charge < -0.3 is 9.73 Å². The SMILES string of the molecule is CNC(CCN(Cc1ccco1)C1CC1)C(C)(C)C. The van der Waals surface area contributed by atoms with Crippen molar-refractivity contribution >= 4 is 0 Å². The number of rotatable bonds is 7. The van der Waals surface area contributed by atoms with Gasteiger partial charge in [-0.15, -0.1) is 0 Å². The van der Waals surface area contributed by atoms with Crippen LogP contribution in [0.4, 0.5) is 0 Å². The molecule has 108 valence electrons. The number of hydrogen-bond donors (Lipinski definition) is 1. The highest BCUT2D eigenvalue weighted by Crippen LogP contribution is 2.30. The van der Waals surface area contributed by atoms with Crippen LogP contribution in [-0.2, 0) is 6.54 Å². The van der Waals surface area contributed by atoms with Gasteiger partial charge in [0.25, 0.3) is 0 Å². The zero-order chi connectivity index (χ0) is 13.9. The fourth-order valence-corrected chi connectivity index (χ4v) is 2.74. The van der Waals surface area contributed by atoms with E-state index >= 15 is 0 Å². The molecule has 0 aromatic carbocycles. The van der Waals surface area contributed by atoms with Gasteiger partial charge in [-0.05, 0) is 43.9 Å². The third-order valence-electron chi connectivity index (χ3n) is 4.10. The third kappa shape index (κ3) is 4.36. The fraction of sp³-hybridized carbons (Fsp3) is 0.750. The van der Waals surface area contributed by atoms with E-state index in [2.05, 4.69) is 44.1 Å². The van der Waals surface area contributed by atoms with Crippen molar-refractivity contribution in [2.45, 2.75) is 58.7 Å². The molecule has 0 amide bonds. The van der Waals surface area contributed by atoms with Crippen molar-refractivity contribution in [3.8, 4) is 0 Å². The monoisotopic (exact) mass is 264 g/mol. The van der Waals surface area contributed by atoms with Gasteiger partial charge in [0.1, 0.15) is 5.76 Å². The summed E-state index contributed by atoms with van der Waals surface area (Å²) in [6.07, 6.45) is 5.66. The molecule has 1 aromatic heterocycles. The largest absolute Gasteiger partial charge is 0.468 e. The van der Waals surface area contributed by atoms with Crippen LogP contribution in [0.2, 0.25) is 0 Å². The minimum absolute atomic E-state index is 0.314. The van der Waals surface area contributed by atoms with Gasteiger partial charge in [0.05, 0.1) is 12.8 Å². The maximum absolute atomic E-state index is 5.49. The zero-order valence-corrected chi connectivity index (χ0v) is 12.8. The zero-order valence-electron chi connectivity index (χ0n) is 12.8. The Labute approximate surface area is 117 Å². The summed E-state index contributed by atoms with van der Waals surface area (Å²) in [5, 5.41) is 3.47. The van der Waals surface area contributed by atoms with Crippen LogP contribution in [-0.4, -0.2) is 30.6 Å². The summed E-state index contributed by atoms with van der Waals surface area (Å²) in [6, 6.07) is 5.40. The molecule has 0 aliphatic heterocycles. The number of nitrogens with zero attached hydrogens (tertiary/aromatic N) is 1. The van der Waals surface area contributed by atoms with Crippen molar-refractivity contribution in [3.63, 3.8) is 0 Å². The highest BCUT2D eigenvalue weighted by atomic mass is 16.3. The van der Waals surface area contributed by atoms with Crippen LogP contribution < -0.4 is 5.32 Å². The van der Waals surface area contributed by atoms with Crippen LogP contribution in [0.1, 0.15) is 45.8 Å². The Morgan fingerprint density at radius 3 is 2.63 bits per heavy atom. The molecule has 1 aromatic rings.